The average Bonchev–Trinajstić information content (AvgIpc) is 2.38. The zero-order valence-electron chi connectivity index (χ0n) is 11.6. The highest BCUT2D eigenvalue weighted by Crippen LogP contribution is 2.12. The highest BCUT2D eigenvalue weighted by atomic mass is 16.4. The maximum absolute atomic E-state index is 12.1. The van der Waals surface area contributed by atoms with Gasteiger partial charge in [-0.05, 0) is 18.6 Å². The molecule has 104 valence electrons. The SMILES string of the molecule is CCC(C(=O)O)N(C)C(=O)c1ccc(N(C)C)nc1. The van der Waals surface area contributed by atoms with Gasteiger partial charge in [0, 0.05) is 27.3 Å². The van der Waals surface area contributed by atoms with Crippen LogP contribution in [0.4, 0.5) is 5.82 Å². The summed E-state index contributed by atoms with van der Waals surface area (Å²) in [7, 11) is 5.20. The van der Waals surface area contributed by atoms with Crippen molar-refractivity contribution in [3.05, 3.63) is 23.9 Å². The van der Waals surface area contributed by atoms with Gasteiger partial charge in [-0.25, -0.2) is 9.78 Å². The molecule has 1 amide bonds. The van der Waals surface area contributed by atoms with E-state index in [1.807, 2.05) is 19.0 Å². The van der Waals surface area contributed by atoms with Crippen molar-refractivity contribution in [1.29, 1.82) is 0 Å². The van der Waals surface area contributed by atoms with Gasteiger partial charge in [0.1, 0.15) is 11.9 Å². The van der Waals surface area contributed by atoms with E-state index in [9.17, 15) is 9.59 Å². The minimum Gasteiger partial charge on any atom is -0.480 e. The topological polar surface area (TPSA) is 73.7 Å². The van der Waals surface area contributed by atoms with Gasteiger partial charge in [0.2, 0.25) is 0 Å². The molecule has 1 heterocycles. The molecule has 19 heavy (non-hydrogen) atoms. The first-order valence-electron chi connectivity index (χ1n) is 6.01. The molecule has 0 bridgehead atoms. The largest absolute Gasteiger partial charge is 0.480 e. The van der Waals surface area contributed by atoms with Crippen molar-refractivity contribution in [1.82, 2.24) is 9.88 Å². The van der Waals surface area contributed by atoms with Gasteiger partial charge in [-0.2, -0.15) is 0 Å². The molecule has 0 aliphatic heterocycles. The fourth-order valence-corrected chi connectivity index (χ4v) is 1.74. The van der Waals surface area contributed by atoms with E-state index >= 15 is 0 Å². The Morgan fingerprint density at radius 3 is 2.32 bits per heavy atom. The van der Waals surface area contributed by atoms with Crippen LogP contribution in [0.25, 0.3) is 0 Å². The lowest BCUT2D eigenvalue weighted by molar-refractivity contribution is -0.142. The first-order chi connectivity index (χ1) is 8.88. The van der Waals surface area contributed by atoms with E-state index in [-0.39, 0.29) is 5.91 Å². The highest BCUT2D eigenvalue weighted by Gasteiger charge is 2.25. The Bertz CT molecular complexity index is 457. The molecule has 0 aliphatic carbocycles. The van der Waals surface area contributed by atoms with Crippen LogP contribution >= 0.6 is 0 Å². The number of hydrogen-bond donors (Lipinski definition) is 1. The number of carbonyl (C=O) groups excluding carboxylic acids is 1. The molecule has 1 rings (SSSR count). The molecule has 0 saturated heterocycles. The Labute approximate surface area is 112 Å². The summed E-state index contributed by atoms with van der Waals surface area (Å²) in [6, 6.07) is 2.56. The number of carboxylic acid groups (broad SMARTS) is 1. The van der Waals surface area contributed by atoms with Gasteiger partial charge >= 0.3 is 5.97 Å². The molecule has 1 atom stereocenters. The number of aromatic nitrogens is 1. The zero-order valence-corrected chi connectivity index (χ0v) is 11.6. The van der Waals surface area contributed by atoms with Gasteiger partial charge in [-0.3, -0.25) is 4.79 Å². The van der Waals surface area contributed by atoms with Crippen LogP contribution in [-0.4, -0.2) is 54.1 Å². The molecule has 0 radical (unpaired) electrons. The van der Waals surface area contributed by atoms with Gasteiger partial charge in [0.15, 0.2) is 0 Å². The molecule has 6 heteroatoms. The molecule has 1 N–H and O–H groups in total. The molecular weight excluding hydrogens is 246 g/mol. The highest BCUT2D eigenvalue weighted by molar-refractivity contribution is 5.96. The Hall–Kier alpha value is -2.11. The van der Waals surface area contributed by atoms with Crippen molar-refractivity contribution in [3.63, 3.8) is 0 Å². The monoisotopic (exact) mass is 265 g/mol. The van der Waals surface area contributed by atoms with Gasteiger partial charge in [-0.15, -0.1) is 0 Å². The average molecular weight is 265 g/mol. The number of hydrogen-bond acceptors (Lipinski definition) is 4. The summed E-state index contributed by atoms with van der Waals surface area (Å²) in [6.07, 6.45) is 1.82. The van der Waals surface area contributed by atoms with Crippen LogP contribution in [-0.2, 0) is 4.79 Å². The summed E-state index contributed by atoms with van der Waals surface area (Å²) >= 11 is 0. The van der Waals surface area contributed by atoms with Crippen molar-refractivity contribution in [2.24, 2.45) is 0 Å². The predicted molar refractivity (Wildman–Crippen MR) is 72.4 cm³/mol. The Morgan fingerprint density at radius 2 is 1.95 bits per heavy atom. The van der Waals surface area contributed by atoms with E-state index in [0.717, 1.165) is 5.82 Å². The second kappa shape index (κ2) is 6.17. The van der Waals surface area contributed by atoms with E-state index in [1.165, 1.54) is 18.1 Å². The van der Waals surface area contributed by atoms with Gasteiger partial charge in [0.05, 0.1) is 5.56 Å². The molecule has 1 aromatic rings. The third-order valence-electron chi connectivity index (χ3n) is 2.91. The predicted octanol–water partition coefficient (Wildman–Crippen LogP) is 1.08. The van der Waals surface area contributed by atoms with Crippen molar-refractivity contribution in [3.8, 4) is 0 Å². The fourth-order valence-electron chi connectivity index (χ4n) is 1.74. The van der Waals surface area contributed by atoms with Gasteiger partial charge < -0.3 is 14.9 Å². The van der Waals surface area contributed by atoms with Gasteiger partial charge in [0.25, 0.3) is 5.91 Å². The van der Waals surface area contributed by atoms with Crippen LogP contribution in [0.3, 0.4) is 0 Å². The first kappa shape index (κ1) is 14.9. The molecule has 0 spiro atoms. The fraction of sp³-hybridized carbons (Fsp3) is 0.462. The van der Waals surface area contributed by atoms with Crippen LogP contribution in [0.1, 0.15) is 23.7 Å². The normalized spacial score (nSPS) is 11.8. The minimum atomic E-state index is -1.00. The number of amides is 1. The van der Waals surface area contributed by atoms with E-state index in [2.05, 4.69) is 4.98 Å². The van der Waals surface area contributed by atoms with Crippen molar-refractivity contribution in [2.45, 2.75) is 19.4 Å². The van der Waals surface area contributed by atoms with Crippen LogP contribution in [0.5, 0.6) is 0 Å². The number of carbonyl (C=O) groups is 2. The quantitative estimate of drug-likeness (QED) is 0.862. The van der Waals surface area contributed by atoms with Crippen LogP contribution in [0, 0.1) is 0 Å². The van der Waals surface area contributed by atoms with Crippen LogP contribution < -0.4 is 4.90 Å². The third kappa shape index (κ3) is 3.43. The summed E-state index contributed by atoms with van der Waals surface area (Å²) < 4.78 is 0. The Balaban J connectivity index is 2.90. The maximum atomic E-state index is 12.1. The molecule has 0 aromatic carbocycles. The molecule has 0 fully saturated rings. The van der Waals surface area contributed by atoms with Crippen molar-refractivity contribution in [2.75, 3.05) is 26.0 Å². The third-order valence-corrected chi connectivity index (χ3v) is 2.91. The smallest absolute Gasteiger partial charge is 0.326 e. The second-order valence-corrected chi connectivity index (χ2v) is 4.48. The van der Waals surface area contributed by atoms with Gasteiger partial charge in [-0.1, -0.05) is 6.92 Å². The lowest BCUT2D eigenvalue weighted by Crippen LogP contribution is -2.42. The number of likely N-dealkylation sites (N-methyl/N-ethyl adjacent to an activating group) is 1. The lowest BCUT2D eigenvalue weighted by Gasteiger charge is -2.23. The molecule has 6 nitrogen and oxygen atoms in total. The number of anilines is 1. The standard InChI is InChI=1S/C13H19N3O3/c1-5-10(13(18)19)16(4)12(17)9-6-7-11(14-8-9)15(2)3/h6-8,10H,5H2,1-4H3,(H,18,19). The Kier molecular flexibility index (Phi) is 4.86. The number of nitrogens with zero attached hydrogens (tertiary/aromatic N) is 3. The van der Waals surface area contributed by atoms with Crippen LogP contribution in [0.2, 0.25) is 0 Å². The second-order valence-electron chi connectivity index (χ2n) is 4.48. The van der Waals surface area contributed by atoms with E-state index in [0.29, 0.717) is 12.0 Å². The lowest BCUT2D eigenvalue weighted by atomic mass is 10.1. The van der Waals surface area contributed by atoms with Crippen molar-refractivity contribution < 1.29 is 14.7 Å². The molecule has 0 saturated carbocycles. The minimum absolute atomic E-state index is 0.341. The van der Waals surface area contributed by atoms with E-state index < -0.39 is 12.0 Å². The number of carboxylic acids is 1. The van der Waals surface area contributed by atoms with Crippen LogP contribution in [0.15, 0.2) is 18.3 Å². The summed E-state index contributed by atoms with van der Waals surface area (Å²) in [5.74, 6) is -0.604. The van der Waals surface area contributed by atoms with Crippen molar-refractivity contribution >= 4 is 17.7 Å². The number of aliphatic carboxylic acids is 1. The molecule has 1 unspecified atom stereocenters. The maximum Gasteiger partial charge on any atom is 0.326 e. The van der Waals surface area contributed by atoms with E-state index in [1.54, 1.807) is 19.1 Å². The van der Waals surface area contributed by atoms with E-state index in [4.69, 9.17) is 5.11 Å². The Morgan fingerprint density at radius 1 is 1.32 bits per heavy atom. The first-order valence-corrected chi connectivity index (χ1v) is 6.01. The number of rotatable bonds is 5. The number of pyridine rings is 1. The molecule has 0 aliphatic rings. The summed E-state index contributed by atoms with van der Waals surface area (Å²) in [5, 5.41) is 9.04. The summed E-state index contributed by atoms with van der Waals surface area (Å²) in [4.78, 5) is 30.4. The molecule has 1 aromatic heterocycles. The molecular formula is C13H19N3O3. The summed E-state index contributed by atoms with van der Waals surface area (Å²) in [5.41, 5.74) is 0.382. The zero-order chi connectivity index (χ0) is 14.6. The summed E-state index contributed by atoms with van der Waals surface area (Å²) in [6.45, 7) is 1.73.